The maximum absolute atomic E-state index is 8.68. The van der Waals surface area contributed by atoms with E-state index in [0.717, 1.165) is 5.69 Å². The first kappa shape index (κ1) is 6.38. The molecule has 2 aromatic rings. The molecule has 4 nitrogen and oxygen atoms in total. The minimum atomic E-state index is 0.104. The van der Waals surface area contributed by atoms with Gasteiger partial charge >= 0.3 is 0 Å². The Hall–Kier alpha value is -2.15. The van der Waals surface area contributed by atoms with Crippen LogP contribution in [0.1, 0.15) is 6.93 Å². The van der Waals surface area contributed by atoms with Crippen molar-refractivity contribution in [2.24, 2.45) is 0 Å². The summed E-state index contributed by atoms with van der Waals surface area (Å²) < 4.78 is 8.67. The number of hydrogen-bond donors (Lipinski definition) is 0. The van der Waals surface area contributed by atoms with E-state index in [-0.39, 0.29) is 6.17 Å². The second-order valence-electron chi connectivity index (χ2n) is 2.45. The molecule has 0 aliphatic rings. The minimum Gasteiger partial charge on any atom is -0.221 e. The number of benzene rings is 1. The molecule has 0 aliphatic carbocycles. The van der Waals surface area contributed by atoms with Crippen LogP contribution in [0.5, 0.6) is 0 Å². The summed E-state index contributed by atoms with van der Waals surface area (Å²) in [5.41, 5.74) is 1.29. The molecule has 62 valence electrons. The third-order valence-electron chi connectivity index (χ3n) is 1.62. The van der Waals surface area contributed by atoms with Gasteiger partial charge < -0.3 is 0 Å². The van der Waals surface area contributed by atoms with Gasteiger partial charge in [-0.2, -0.15) is 5.26 Å². The highest BCUT2D eigenvalue weighted by molar-refractivity contribution is 5.40. The molecule has 4 heteroatoms. The summed E-state index contributed by atoms with van der Waals surface area (Å²) in [6.45, 7) is 0. The number of hydrogen-bond acceptors (Lipinski definition) is 3. The SMILES string of the molecule is [2H]c1cn(-c2cccc(C#N)c2)nn1. The minimum absolute atomic E-state index is 0.104. The predicted octanol–water partition coefficient (Wildman–Crippen LogP) is 1.14. The molecule has 0 atom stereocenters. The molecule has 1 aromatic carbocycles. The highest BCUT2D eigenvalue weighted by Crippen LogP contribution is 2.07. The van der Waals surface area contributed by atoms with Gasteiger partial charge in [0.25, 0.3) is 0 Å². The molecular formula is C9H6N4. The van der Waals surface area contributed by atoms with Gasteiger partial charge in [0.2, 0.25) is 0 Å². The van der Waals surface area contributed by atoms with Crippen molar-refractivity contribution < 1.29 is 1.37 Å². The van der Waals surface area contributed by atoms with Crippen molar-refractivity contribution in [1.82, 2.24) is 15.0 Å². The third kappa shape index (κ3) is 1.40. The van der Waals surface area contributed by atoms with Crippen LogP contribution in [0, 0.1) is 11.3 Å². The summed E-state index contributed by atoms with van der Waals surface area (Å²) in [7, 11) is 0. The summed E-state index contributed by atoms with van der Waals surface area (Å²) in [6.07, 6.45) is 1.59. The zero-order valence-corrected chi connectivity index (χ0v) is 6.68. The van der Waals surface area contributed by atoms with Crippen LogP contribution in [0.25, 0.3) is 5.69 Å². The van der Waals surface area contributed by atoms with Gasteiger partial charge in [0.1, 0.15) is 0 Å². The highest BCUT2D eigenvalue weighted by Gasteiger charge is 1.96. The quantitative estimate of drug-likeness (QED) is 0.646. The predicted molar refractivity (Wildman–Crippen MR) is 46.1 cm³/mol. The summed E-state index contributed by atoms with van der Waals surface area (Å²) in [6, 6.07) is 9.00. The number of nitriles is 1. The third-order valence-corrected chi connectivity index (χ3v) is 1.62. The van der Waals surface area contributed by atoms with Crippen molar-refractivity contribution in [3.8, 4) is 11.8 Å². The molecule has 0 amide bonds. The summed E-state index contributed by atoms with van der Waals surface area (Å²) >= 11 is 0. The van der Waals surface area contributed by atoms with Crippen LogP contribution in [-0.2, 0) is 0 Å². The average Bonchev–Trinajstić information content (AvgIpc) is 2.65. The first-order valence-corrected chi connectivity index (χ1v) is 3.69. The summed E-state index contributed by atoms with van der Waals surface area (Å²) in [5.74, 6) is 0. The van der Waals surface area contributed by atoms with E-state index in [1.54, 1.807) is 24.3 Å². The van der Waals surface area contributed by atoms with Crippen LogP contribution in [0.3, 0.4) is 0 Å². The van der Waals surface area contributed by atoms with Crippen LogP contribution in [0.4, 0.5) is 0 Å². The van der Waals surface area contributed by atoms with Crippen molar-refractivity contribution in [2.75, 3.05) is 0 Å². The van der Waals surface area contributed by atoms with Crippen LogP contribution in [0.2, 0.25) is 0 Å². The van der Waals surface area contributed by atoms with Crippen LogP contribution < -0.4 is 0 Å². The molecule has 0 unspecified atom stereocenters. The van der Waals surface area contributed by atoms with Crippen molar-refractivity contribution in [2.45, 2.75) is 0 Å². The Balaban J connectivity index is 2.47. The molecule has 1 heterocycles. The zero-order chi connectivity index (χ0) is 9.97. The largest absolute Gasteiger partial charge is 0.221 e. The van der Waals surface area contributed by atoms with Crippen molar-refractivity contribution >= 4 is 0 Å². The maximum atomic E-state index is 8.68. The fourth-order valence-corrected chi connectivity index (χ4v) is 1.02. The standard InChI is InChI=1S/C9H6N4/c10-7-8-2-1-3-9(6-8)13-5-4-11-12-13/h1-6H/i4D. The van der Waals surface area contributed by atoms with E-state index in [9.17, 15) is 0 Å². The monoisotopic (exact) mass is 171 g/mol. The van der Waals surface area contributed by atoms with Gasteiger partial charge in [-0.05, 0) is 18.2 Å². The Bertz CT molecular complexity index is 498. The number of rotatable bonds is 1. The molecule has 2 rings (SSSR count). The maximum Gasteiger partial charge on any atom is 0.0992 e. The van der Waals surface area contributed by atoms with E-state index in [2.05, 4.69) is 10.3 Å². The molecular weight excluding hydrogens is 164 g/mol. The lowest BCUT2D eigenvalue weighted by Gasteiger charge is -1.98. The zero-order valence-electron chi connectivity index (χ0n) is 7.68. The molecule has 0 saturated carbocycles. The topological polar surface area (TPSA) is 54.5 Å². The summed E-state index contributed by atoms with van der Waals surface area (Å²) in [5, 5.41) is 16.0. The molecule has 13 heavy (non-hydrogen) atoms. The van der Waals surface area contributed by atoms with Crippen molar-refractivity contribution in [1.29, 1.82) is 5.26 Å². The molecule has 0 saturated heterocycles. The average molecular weight is 171 g/mol. The number of aromatic nitrogens is 3. The van der Waals surface area contributed by atoms with Crippen LogP contribution in [-0.4, -0.2) is 15.0 Å². The lowest BCUT2D eigenvalue weighted by Crippen LogP contribution is -1.94. The lowest BCUT2D eigenvalue weighted by molar-refractivity contribution is 0.803. The smallest absolute Gasteiger partial charge is 0.0992 e. The second-order valence-corrected chi connectivity index (χ2v) is 2.45. The first-order chi connectivity index (χ1) is 6.79. The van der Waals surface area contributed by atoms with Gasteiger partial charge in [-0.3, -0.25) is 0 Å². The molecule has 0 radical (unpaired) electrons. The summed E-state index contributed by atoms with van der Waals surface area (Å²) in [4.78, 5) is 0. The lowest BCUT2D eigenvalue weighted by atomic mass is 10.2. The van der Waals surface area contributed by atoms with Gasteiger partial charge in [0.05, 0.1) is 31.1 Å². The van der Waals surface area contributed by atoms with E-state index in [1.165, 1.54) is 10.9 Å². The van der Waals surface area contributed by atoms with Gasteiger partial charge in [-0.15, -0.1) is 5.10 Å². The van der Waals surface area contributed by atoms with Crippen LogP contribution >= 0.6 is 0 Å². The Morgan fingerprint density at radius 2 is 2.46 bits per heavy atom. The molecule has 1 aromatic heterocycles. The van der Waals surface area contributed by atoms with E-state index in [4.69, 9.17) is 6.63 Å². The van der Waals surface area contributed by atoms with Gasteiger partial charge in [-0.1, -0.05) is 11.3 Å². The van der Waals surface area contributed by atoms with Gasteiger partial charge in [0, 0.05) is 0 Å². The van der Waals surface area contributed by atoms with Gasteiger partial charge in [-0.25, -0.2) is 4.68 Å². The Morgan fingerprint density at radius 1 is 1.54 bits per heavy atom. The normalized spacial score (nSPS) is 10.5. The second kappa shape index (κ2) is 3.07. The first-order valence-electron chi connectivity index (χ1n) is 4.19. The van der Waals surface area contributed by atoms with Crippen molar-refractivity contribution in [3.63, 3.8) is 0 Å². The Labute approximate surface area is 76.4 Å². The molecule has 0 aliphatic heterocycles. The van der Waals surface area contributed by atoms with Crippen LogP contribution in [0.15, 0.2) is 36.6 Å². The Kier molecular flexibility index (Phi) is 1.51. The fourth-order valence-electron chi connectivity index (χ4n) is 1.02. The molecule has 0 bridgehead atoms. The fraction of sp³-hybridized carbons (Fsp3) is 0. The van der Waals surface area contributed by atoms with Crippen molar-refractivity contribution in [3.05, 3.63) is 42.2 Å². The highest BCUT2D eigenvalue weighted by atomic mass is 15.4. The van der Waals surface area contributed by atoms with E-state index in [1.807, 2.05) is 6.07 Å². The van der Waals surface area contributed by atoms with E-state index >= 15 is 0 Å². The van der Waals surface area contributed by atoms with E-state index in [0.29, 0.717) is 5.56 Å². The molecule has 0 spiro atoms. The van der Waals surface area contributed by atoms with E-state index < -0.39 is 0 Å². The number of nitrogens with zero attached hydrogens (tertiary/aromatic N) is 4. The molecule has 0 N–H and O–H groups in total. The Morgan fingerprint density at radius 3 is 3.15 bits per heavy atom. The molecule has 0 fully saturated rings. The van der Waals surface area contributed by atoms with Gasteiger partial charge in [0.15, 0.2) is 0 Å².